The number of benzene rings is 2. The summed E-state index contributed by atoms with van der Waals surface area (Å²) in [6.45, 7) is 11.9. The summed E-state index contributed by atoms with van der Waals surface area (Å²) in [4.78, 5) is 13.2. The molecule has 2 aromatic carbocycles. The Morgan fingerprint density at radius 1 is 0.900 bits per heavy atom. The highest BCUT2D eigenvalue weighted by Crippen LogP contribution is 2.40. The summed E-state index contributed by atoms with van der Waals surface area (Å²) in [6, 6.07) is 8.16. The summed E-state index contributed by atoms with van der Waals surface area (Å²) < 4.78 is 17.2. The van der Waals surface area contributed by atoms with E-state index in [1.165, 1.54) is 5.56 Å². The van der Waals surface area contributed by atoms with Gasteiger partial charge in [-0.3, -0.25) is 0 Å². The zero-order valence-electron chi connectivity index (χ0n) is 19.8. The molecule has 0 fully saturated rings. The topological polar surface area (TPSA) is 44.8 Å². The molecule has 0 spiro atoms. The second-order valence-electron chi connectivity index (χ2n) is 8.70. The number of rotatable bonds is 8. The van der Waals surface area contributed by atoms with Crippen molar-refractivity contribution in [1.82, 2.24) is 0 Å². The van der Waals surface area contributed by atoms with Gasteiger partial charge in [0.05, 0.1) is 19.8 Å². The first-order chi connectivity index (χ1) is 14.1. The fourth-order valence-electron chi connectivity index (χ4n) is 3.77. The molecule has 0 saturated carbocycles. The van der Waals surface area contributed by atoms with Gasteiger partial charge in [0.25, 0.3) is 0 Å². The van der Waals surface area contributed by atoms with Gasteiger partial charge in [0.2, 0.25) is 0 Å². The van der Waals surface area contributed by atoms with Crippen LogP contribution in [0.5, 0.6) is 11.5 Å². The summed E-state index contributed by atoms with van der Waals surface area (Å²) in [6.07, 6.45) is 3.95. The molecule has 0 atom stereocenters. The van der Waals surface area contributed by atoms with Crippen LogP contribution >= 0.6 is 0 Å². The van der Waals surface area contributed by atoms with Crippen LogP contribution in [0.1, 0.15) is 74.5 Å². The maximum absolute atomic E-state index is 13.2. The van der Waals surface area contributed by atoms with E-state index in [0.29, 0.717) is 11.3 Å². The number of ether oxygens (including phenoxy) is 3. The van der Waals surface area contributed by atoms with Crippen LogP contribution in [0.2, 0.25) is 0 Å². The maximum Gasteiger partial charge on any atom is 0.339 e. The monoisotopic (exact) mass is 412 g/mol. The van der Waals surface area contributed by atoms with Crippen LogP contribution in [0.25, 0.3) is 11.1 Å². The number of carbonyl (C=O) groups excluding carboxylic acids is 1. The third-order valence-electron chi connectivity index (χ3n) is 4.93. The van der Waals surface area contributed by atoms with Crippen molar-refractivity contribution in [2.24, 2.45) is 0 Å². The molecule has 0 N–H and O–H groups in total. The van der Waals surface area contributed by atoms with Crippen molar-refractivity contribution in [2.45, 2.75) is 72.8 Å². The maximum atomic E-state index is 13.2. The van der Waals surface area contributed by atoms with Crippen LogP contribution in [-0.2, 0) is 17.6 Å². The summed E-state index contributed by atoms with van der Waals surface area (Å²) in [5.74, 6) is 1.18. The fraction of sp³-hybridized carbons (Fsp3) is 0.500. The normalized spacial score (nSPS) is 11.3. The number of carbonyl (C=O) groups is 1. The Labute approximate surface area is 181 Å². The van der Waals surface area contributed by atoms with Crippen molar-refractivity contribution in [3.8, 4) is 22.6 Å². The quantitative estimate of drug-likeness (QED) is 0.462. The number of aryl methyl sites for hydroxylation is 3. The van der Waals surface area contributed by atoms with Gasteiger partial charge in [0, 0.05) is 11.1 Å². The van der Waals surface area contributed by atoms with E-state index in [4.69, 9.17) is 14.2 Å². The van der Waals surface area contributed by atoms with Crippen molar-refractivity contribution in [1.29, 1.82) is 0 Å². The SMILES string of the molecule is CCCc1cc(CCC)c(OC)c(-c2cc(OC)cc(C)c2C(=O)OC(C)(C)C)c1. The Morgan fingerprint density at radius 3 is 2.10 bits per heavy atom. The van der Waals surface area contributed by atoms with Crippen LogP contribution < -0.4 is 9.47 Å². The van der Waals surface area contributed by atoms with Crippen LogP contribution in [0.4, 0.5) is 0 Å². The first kappa shape index (κ1) is 23.8. The molecular weight excluding hydrogens is 376 g/mol. The van der Waals surface area contributed by atoms with E-state index < -0.39 is 5.60 Å². The largest absolute Gasteiger partial charge is 0.497 e. The lowest BCUT2D eigenvalue weighted by atomic mass is 9.90. The van der Waals surface area contributed by atoms with Gasteiger partial charge in [-0.05, 0) is 75.4 Å². The van der Waals surface area contributed by atoms with E-state index >= 15 is 0 Å². The average molecular weight is 413 g/mol. The van der Waals surface area contributed by atoms with E-state index in [0.717, 1.165) is 53.7 Å². The van der Waals surface area contributed by atoms with E-state index in [2.05, 4.69) is 26.0 Å². The lowest BCUT2D eigenvalue weighted by Crippen LogP contribution is -2.25. The van der Waals surface area contributed by atoms with E-state index in [1.807, 2.05) is 39.8 Å². The number of hydrogen-bond donors (Lipinski definition) is 0. The summed E-state index contributed by atoms with van der Waals surface area (Å²) in [5, 5.41) is 0. The average Bonchev–Trinajstić information content (AvgIpc) is 2.66. The zero-order valence-corrected chi connectivity index (χ0v) is 19.8. The summed E-state index contributed by atoms with van der Waals surface area (Å²) in [7, 11) is 3.33. The van der Waals surface area contributed by atoms with Crippen LogP contribution in [-0.4, -0.2) is 25.8 Å². The van der Waals surface area contributed by atoms with E-state index in [9.17, 15) is 4.79 Å². The van der Waals surface area contributed by atoms with Crippen molar-refractivity contribution in [3.63, 3.8) is 0 Å². The highest BCUT2D eigenvalue weighted by Gasteiger charge is 2.26. The first-order valence-electron chi connectivity index (χ1n) is 10.8. The van der Waals surface area contributed by atoms with Crippen molar-refractivity contribution >= 4 is 5.97 Å². The molecule has 0 amide bonds. The molecular formula is C26H36O4. The predicted octanol–water partition coefficient (Wildman–Crippen LogP) is 6.54. The number of hydrogen-bond acceptors (Lipinski definition) is 4. The first-order valence-corrected chi connectivity index (χ1v) is 10.8. The smallest absolute Gasteiger partial charge is 0.339 e. The van der Waals surface area contributed by atoms with Gasteiger partial charge in [-0.25, -0.2) is 4.79 Å². The van der Waals surface area contributed by atoms with Crippen LogP contribution in [0.15, 0.2) is 24.3 Å². The summed E-state index contributed by atoms with van der Waals surface area (Å²) in [5.41, 5.74) is 4.90. The molecule has 0 unspecified atom stereocenters. The lowest BCUT2D eigenvalue weighted by Gasteiger charge is -2.23. The summed E-state index contributed by atoms with van der Waals surface area (Å²) >= 11 is 0. The highest BCUT2D eigenvalue weighted by molar-refractivity contribution is 6.00. The molecule has 4 nitrogen and oxygen atoms in total. The highest BCUT2D eigenvalue weighted by atomic mass is 16.6. The molecule has 0 saturated heterocycles. The second-order valence-corrected chi connectivity index (χ2v) is 8.70. The van der Waals surface area contributed by atoms with E-state index in [1.54, 1.807) is 14.2 Å². The third-order valence-corrected chi connectivity index (χ3v) is 4.93. The molecule has 2 aromatic rings. The lowest BCUT2D eigenvalue weighted by molar-refractivity contribution is 0.00697. The standard InChI is InChI=1S/C26H36O4/c1-9-11-18-14-19(12-10-2)24(29-8)22(15-18)21-16-20(28-7)13-17(3)23(21)25(27)30-26(4,5)6/h13-16H,9-12H2,1-8H3. The Balaban J connectivity index is 2.83. The van der Waals surface area contributed by atoms with Crippen molar-refractivity contribution in [2.75, 3.05) is 14.2 Å². The second kappa shape index (κ2) is 10.0. The Morgan fingerprint density at radius 2 is 1.57 bits per heavy atom. The predicted molar refractivity (Wildman–Crippen MR) is 123 cm³/mol. The van der Waals surface area contributed by atoms with Crippen molar-refractivity contribution in [3.05, 3.63) is 46.5 Å². The Hall–Kier alpha value is -2.49. The molecule has 0 heterocycles. The van der Waals surface area contributed by atoms with Crippen LogP contribution in [0, 0.1) is 6.92 Å². The van der Waals surface area contributed by atoms with Gasteiger partial charge >= 0.3 is 5.97 Å². The minimum Gasteiger partial charge on any atom is -0.497 e. The molecule has 0 aliphatic rings. The molecule has 2 rings (SSSR count). The van der Waals surface area contributed by atoms with E-state index in [-0.39, 0.29) is 5.97 Å². The Kier molecular flexibility index (Phi) is 7.94. The van der Waals surface area contributed by atoms with Gasteiger partial charge in [-0.1, -0.05) is 32.8 Å². The molecule has 0 aliphatic carbocycles. The van der Waals surface area contributed by atoms with Crippen molar-refractivity contribution < 1.29 is 19.0 Å². The van der Waals surface area contributed by atoms with Gasteiger partial charge in [0.15, 0.2) is 0 Å². The molecule has 0 radical (unpaired) electrons. The fourth-order valence-corrected chi connectivity index (χ4v) is 3.77. The molecule has 30 heavy (non-hydrogen) atoms. The zero-order chi connectivity index (χ0) is 22.5. The number of methoxy groups -OCH3 is 2. The number of esters is 1. The molecule has 0 aliphatic heterocycles. The molecule has 0 aromatic heterocycles. The van der Waals surface area contributed by atoms with Gasteiger partial charge in [-0.15, -0.1) is 0 Å². The minimum absolute atomic E-state index is 0.336. The van der Waals surface area contributed by atoms with Crippen LogP contribution in [0.3, 0.4) is 0 Å². The Bertz CT molecular complexity index is 891. The van der Waals surface area contributed by atoms with Gasteiger partial charge < -0.3 is 14.2 Å². The minimum atomic E-state index is -0.581. The molecule has 4 heteroatoms. The molecule has 0 bridgehead atoms. The molecule has 164 valence electrons. The van der Waals surface area contributed by atoms with Gasteiger partial charge in [-0.2, -0.15) is 0 Å². The van der Waals surface area contributed by atoms with Gasteiger partial charge in [0.1, 0.15) is 17.1 Å². The third kappa shape index (κ3) is 5.56.